The van der Waals surface area contributed by atoms with Gasteiger partial charge in [0, 0.05) is 12.6 Å². The second kappa shape index (κ2) is 4.42. The number of likely N-dealkylation sites (tertiary alicyclic amines) is 1. The van der Waals surface area contributed by atoms with E-state index in [9.17, 15) is 0 Å². The summed E-state index contributed by atoms with van der Waals surface area (Å²) < 4.78 is 5.30. The Kier molecular flexibility index (Phi) is 2.92. The van der Waals surface area contributed by atoms with Crippen molar-refractivity contribution in [3.05, 3.63) is 17.5 Å². The van der Waals surface area contributed by atoms with Crippen LogP contribution in [0.5, 0.6) is 0 Å². The molecule has 0 aliphatic carbocycles. The highest BCUT2D eigenvalue weighted by atomic mass is 16.5. The first-order valence-electron chi connectivity index (χ1n) is 6.61. The zero-order valence-electron chi connectivity index (χ0n) is 10.5. The number of hydrogen-bond donors (Lipinski definition) is 1. The maximum Gasteiger partial charge on any atom is 0.150 e. The summed E-state index contributed by atoms with van der Waals surface area (Å²) in [7, 11) is 0. The van der Waals surface area contributed by atoms with Crippen molar-refractivity contribution in [2.45, 2.75) is 32.7 Å². The Morgan fingerprint density at radius 2 is 2.24 bits per heavy atom. The van der Waals surface area contributed by atoms with Crippen LogP contribution < -0.4 is 5.32 Å². The quantitative estimate of drug-likeness (QED) is 0.844. The molecule has 1 spiro atoms. The Morgan fingerprint density at radius 1 is 1.41 bits per heavy atom. The molecule has 0 radical (unpaired) electrons. The Morgan fingerprint density at radius 3 is 2.94 bits per heavy atom. The summed E-state index contributed by atoms with van der Waals surface area (Å²) in [6.45, 7) is 7.72. The van der Waals surface area contributed by atoms with Crippen molar-refractivity contribution in [1.29, 1.82) is 0 Å². The number of nitrogens with one attached hydrogen (secondary N) is 1. The van der Waals surface area contributed by atoms with Crippen LogP contribution in [0.15, 0.2) is 10.6 Å². The average Bonchev–Trinajstić information content (AvgIpc) is 2.89. The molecule has 4 nitrogen and oxygen atoms in total. The lowest BCUT2D eigenvalue weighted by molar-refractivity contribution is 0.186. The third-order valence-corrected chi connectivity index (χ3v) is 4.24. The monoisotopic (exact) mass is 235 g/mol. The zero-order valence-corrected chi connectivity index (χ0v) is 10.5. The van der Waals surface area contributed by atoms with E-state index in [1.54, 1.807) is 0 Å². The molecule has 1 aromatic rings. The van der Waals surface area contributed by atoms with Crippen LogP contribution in [0.4, 0.5) is 0 Å². The summed E-state index contributed by atoms with van der Waals surface area (Å²) in [5, 5.41) is 7.41. The van der Waals surface area contributed by atoms with Gasteiger partial charge in [-0.25, -0.2) is 0 Å². The van der Waals surface area contributed by atoms with Crippen LogP contribution in [-0.4, -0.2) is 36.2 Å². The van der Waals surface area contributed by atoms with Gasteiger partial charge < -0.3 is 9.84 Å². The maximum atomic E-state index is 5.30. The van der Waals surface area contributed by atoms with Gasteiger partial charge in [0.2, 0.25) is 0 Å². The molecule has 0 atom stereocenters. The van der Waals surface area contributed by atoms with E-state index in [0.29, 0.717) is 5.41 Å². The molecule has 3 rings (SSSR count). The first-order chi connectivity index (χ1) is 8.26. The van der Waals surface area contributed by atoms with Crippen molar-refractivity contribution < 1.29 is 4.52 Å². The van der Waals surface area contributed by atoms with E-state index in [4.69, 9.17) is 4.52 Å². The third-order valence-electron chi connectivity index (χ3n) is 4.24. The summed E-state index contributed by atoms with van der Waals surface area (Å²) in [4.78, 5) is 2.52. The minimum Gasteiger partial charge on any atom is -0.360 e. The van der Waals surface area contributed by atoms with Crippen molar-refractivity contribution in [3.63, 3.8) is 0 Å². The molecule has 2 saturated heterocycles. The Hall–Kier alpha value is -0.870. The van der Waals surface area contributed by atoms with Gasteiger partial charge in [-0.3, -0.25) is 4.90 Å². The summed E-state index contributed by atoms with van der Waals surface area (Å²) in [5.74, 6) is 1.01. The second-order valence-electron chi connectivity index (χ2n) is 5.65. The number of rotatable bonds is 2. The van der Waals surface area contributed by atoms with E-state index in [2.05, 4.69) is 15.4 Å². The van der Waals surface area contributed by atoms with Gasteiger partial charge in [-0.2, -0.15) is 0 Å². The molecule has 1 aromatic heterocycles. The zero-order chi connectivity index (χ0) is 11.7. The summed E-state index contributed by atoms with van der Waals surface area (Å²) in [5.41, 5.74) is 1.57. The van der Waals surface area contributed by atoms with Gasteiger partial charge in [-0.1, -0.05) is 5.16 Å². The van der Waals surface area contributed by atoms with E-state index in [-0.39, 0.29) is 0 Å². The van der Waals surface area contributed by atoms with Crippen molar-refractivity contribution in [2.75, 3.05) is 26.2 Å². The summed E-state index contributed by atoms with van der Waals surface area (Å²) in [6, 6.07) is 2.05. The lowest BCUT2D eigenvalue weighted by Gasteiger charge is -2.33. The topological polar surface area (TPSA) is 41.3 Å². The predicted molar refractivity (Wildman–Crippen MR) is 65.7 cm³/mol. The van der Waals surface area contributed by atoms with Gasteiger partial charge >= 0.3 is 0 Å². The fourth-order valence-electron chi connectivity index (χ4n) is 3.24. The van der Waals surface area contributed by atoms with Crippen molar-refractivity contribution in [1.82, 2.24) is 15.4 Å². The first-order valence-corrected chi connectivity index (χ1v) is 6.61. The van der Waals surface area contributed by atoms with Crippen LogP contribution in [0, 0.1) is 12.3 Å². The minimum absolute atomic E-state index is 0.584. The van der Waals surface area contributed by atoms with Crippen molar-refractivity contribution in [2.24, 2.45) is 5.41 Å². The maximum absolute atomic E-state index is 5.30. The third kappa shape index (κ3) is 2.38. The Bertz CT molecular complexity index is 382. The molecule has 2 fully saturated rings. The van der Waals surface area contributed by atoms with Gasteiger partial charge in [0.15, 0.2) is 5.76 Å². The number of nitrogens with zero attached hydrogens (tertiary/aromatic N) is 2. The van der Waals surface area contributed by atoms with E-state index in [1.807, 2.05) is 13.0 Å². The van der Waals surface area contributed by atoms with Crippen LogP contribution in [0.3, 0.4) is 0 Å². The molecule has 94 valence electrons. The molecule has 0 unspecified atom stereocenters. The molecule has 0 saturated carbocycles. The van der Waals surface area contributed by atoms with E-state index >= 15 is 0 Å². The highest BCUT2D eigenvalue weighted by molar-refractivity contribution is 5.04. The molecular weight excluding hydrogens is 214 g/mol. The van der Waals surface area contributed by atoms with Crippen molar-refractivity contribution >= 4 is 0 Å². The number of hydrogen-bond acceptors (Lipinski definition) is 4. The van der Waals surface area contributed by atoms with Crippen LogP contribution in [0.25, 0.3) is 0 Å². The van der Waals surface area contributed by atoms with Crippen LogP contribution in [-0.2, 0) is 6.54 Å². The Balaban J connectivity index is 1.60. The fraction of sp³-hybridized carbons (Fsp3) is 0.769. The van der Waals surface area contributed by atoms with Gasteiger partial charge in [0.1, 0.15) is 0 Å². The molecule has 17 heavy (non-hydrogen) atoms. The average molecular weight is 235 g/mol. The SMILES string of the molecule is Cc1cc(CN2CCC3(CCNCC3)C2)on1. The van der Waals surface area contributed by atoms with Crippen LogP contribution in [0.1, 0.15) is 30.7 Å². The smallest absolute Gasteiger partial charge is 0.150 e. The van der Waals surface area contributed by atoms with Crippen LogP contribution in [0.2, 0.25) is 0 Å². The summed E-state index contributed by atoms with van der Waals surface area (Å²) in [6.07, 6.45) is 4.01. The molecule has 0 amide bonds. The molecule has 2 aliphatic rings. The first kappa shape index (κ1) is 11.2. The molecule has 1 N–H and O–H groups in total. The number of aromatic nitrogens is 1. The van der Waals surface area contributed by atoms with E-state index < -0.39 is 0 Å². The highest BCUT2D eigenvalue weighted by Crippen LogP contribution is 2.38. The number of aryl methyl sites for hydroxylation is 1. The van der Waals surface area contributed by atoms with Gasteiger partial charge in [0.05, 0.1) is 12.2 Å². The van der Waals surface area contributed by atoms with Crippen LogP contribution >= 0.6 is 0 Å². The molecule has 2 aliphatic heterocycles. The lowest BCUT2D eigenvalue weighted by Crippen LogP contribution is -2.38. The van der Waals surface area contributed by atoms with Gasteiger partial charge in [-0.15, -0.1) is 0 Å². The molecule has 3 heterocycles. The molecule has 4 heteroatoms. The fourth-order valence-corrected chi connectivity index (χ4v) is 3.24. The van der Waals surface area contributed by atoms with Gasteiger partial charge in [0.25, 0.3) is 0 Å². The largest absolute Gasteiger partial charge is 0.360 e. The number of piperidine rings is 1. The standard InChI is InChI=1S/C13H21N3O/c1-11-8-12(17-15-11)9-16-7-4-13(10-16)2-5-14-6-3-13/h8,14H,2-7,9-10H2,1H3. The minimum atomic E-state index is 0.584. The Labute approximate surface area is 102 Å². The lowest BCUT2D eigenvalue weighted by atomic mass is 9.78. The van der Waals surface area contributed by atoms with Gasteiger partial charge in [-0.05, 0) is 51.2 Å². The molecule has 0 aromatic carbocycles. The highest BCUT2D eigenvalue weighted by Gasteiger charge is 2.38. The predicted octanol–water partition coefficient (Wildman–Crippen LogP) is 1.56. The normalized spacial score (nSPS) is 24.5. The van der Waals surface area contributed by atoms with Crippen molar-refractivity contribution in [3.8, 4) is 0 Å². The summed E-state index contributed by atoms with van der Waals surface area (Å²) >= 11 is 0. The van der Waals surface area contributed by atoms with E-state index in [1.165, 1.54) is 45.4 Å². The molecule has 0 bridgehead atoms. The molecular formula is C13H21N3O. The second-order valence-corrected chi connectivity index (χ2v) is 5.65. The van der Waals surface area contributed by atoms with E-state index in [0.717, 1.165) is 18.0 Å².